The van der Waals surface area contributed by atoms with Crippen LogP contribution in [0.15, 0.2) is 36.4 Å². The van der Waals surface area contributed by atoms with Crippen molar-refractivity contribution < 1.29 is 4.74 Å². The molecule has 2 nitrogen and oxygen atoms in total. The van der Waals surface area contributed by atoms with Gasteiger partial charge in [-0.05, 0) is 65.9 Å². The molecule has 0 aromatic heterocycles. The van der Waals surface area contributed by atoms with E-state index in [1.54, 1.807) is 0 Å². The molecule has 1 N–H and O–H groups in total. The van der Waals surface area contributed by atoms with Gasteiger partial charge in [-0.2, -0.15) is 0 Å². The van der Waals surface area contributed by atoms with Crippen molar-refractivity contribution in [3.05, 3.63) is 52.5 Å². The van der Waals surface area contributed by atoms with Gasteiger partial charge in [0, 0.05) is 11.6 Å². The predicted octanol–water partition coefficient (Wildman–Crippen LogP) is 4.44. The van der Waals surface area contributed by atoms with Gasteiger partial charge < -0.3 is 10.1 Å². The zero-order valence-electron chi connectivity index (χ0n) is 12.3. The lowest BCUT2D eigenvalue weighted by molar-refractivity contribution is 0.288. The number of halogens is 1. The maximum Gasteiger partial charge on any atom is 0.122 e. The lowest BCUT2D eigenvalue weighted by Gasteiger charge is -2.19. The summed E-state index contributed by atoms with van der Waals surface area (Å²) < 4.78 is 5.69. The van der Waals surface area contributed by atoms with Crippen molar-refractivity contribution in [1.82, 2.24) is 5.32 Å². The average molecular weight is 302 g/mol. The molecule has 0 saturated carbocycles. The molecule has 1 aliphatic rings. The number of rotatable bonds is 4. The van der Waals surface area contributed by atoms with Gasteiger partial charge >= 0.3 is 0 Å². The van der Waals surface area contributed by atoms with E-state index in [0.717, 1.165) is 43.3 Å². The predicted molar refractivity (Wildman–Crippen MR) is 88.1 cm³/mol. The molecule has 0 amide bonds. The molecular formula is C18H20ClNO. The SMILES string of the molecule is CCNCc1ccc(Cl)cc1-c1ccc2c(c1)CCCO2. The van der Waals surface area contributed by atoms with Crippen LogP contribution in [-0.2, 0) is 13.0 Å². The summed E-state index contributed by atoms with van der Waals surface area (Å²) in [7, 11) is 0. The first-order valence-corrected chi connectivity index (χ1v) is 7.91. The van der Waals surface area contributed by atoms with Gasteiger partial charge in [-0.25, -0.2) is 0 Å². The molecule has 0 fully saturated rings. The second-order valence-corrected chi connectivity index (χ2v) is 5.79. The van der Waals surface area contributed by atoms with E-state index in [4.69, 9.17) is 16.3 Å². The van der Waals surface area contributed by atoms with Crippen LogP contribution in [0.25, 0.3) is 11.1 Å². The number of fused-ring (bicyclic) bond motifs is 1. The van der Waals surface area contributed by atoms with Crippen LogP contribution in [-0.4, -0.2) is 13.2 Å². The lowest BCUT2D eigenvalue weighted by atomic mass is 9.95. The summed E-state index contributed by atoms with van der Waals surface area (Å²) in [5.74, 6) is 1.03. The van der Waals surface area contributed by atoms with Crippen molar-refractivity contribution in [3.63, 3.8) is 0 Å². The molecule has 0 aliphatic carbocycles. The summed E-state index contributed by atoms with van der Waals surface area (Å²) in [6.07, 6.45) is 2.18. The van der Waals surface area contributed by atoms with Crippen LogP contribution in [0, 0.1) is 0 Å². The Labute approximate surface area is 131 Å². The van der Waals surface area contributed by atoms with Gasteiger partial charge in [0.05, 0.1) is 6.61 Å². The van der Waals surface area contributed by atoms with Crippen LogP contribution in [0.3, 0.4) is 0 Å². The monoisotopic (exact) mass is 301 g/mol. The number of benzene rings is 2. The van der Waals surface area contributed by atoms with Crippen molar-refractivity contribution in [1.29, 1.82) is 0 Å². The molecule has 110 valence electrons. The molecule has 0 spiro atoms. The van der Waals surface area contributed by atoms with Crippen LogP contribution < -0.4 is 10.1 Å². The van der Waals surface area contributed by atoms with E-state index >= 15 is 0 Å². The van der Waals surface area contributed by atoms with Gasteiger partial charge in [-0.15, -0.1) is 0 Å². The Kier molecular flexibility index (Phi) is 4.47. The van der Waals surface area contributed by atoms with Crippen LogP contribution >= 0.6 is 11.6 Å². The third-order valence-electron chi connectivity index (χ3n) is 3.86. The highest BCUT2D eigenvalue weighted by Crippen LogP contribution is 2.33. The fraction of sp³-hybridized carbons (Fsp3) is 0.333. The number of hydrogen-bond donors (Lipinski definition) is 1. The van der Waals surface area contributed by atoms with Crippen LogP contribution in [0.4, 0.5) is 0 Å². The molecule has 0 bridgehead atoms. The number of aryl methyl sites for hydroxylation is 1. The number of nitrogens with one attached hydrogen (secondary N) is 1. The summed E-state index contributed by atoms with van der Waals surface area (Å²) in [5.41, 5.74) is 5.00. The van der Waals surface area contributed by atoms with Gasteiger partial charge in [0.15, 0.2) is 0 Å². The van der Waals surface area contributed by atoms with Crippen molar-refractivity contribution in [2.75, 3.05) is 13.2 Å². The number of hydrogen-bond acceptors (Lipinski definition) is 2. The fourth-order valence-electron chi connectivity index (χ4n) is 2.76. The first kappa shape index (κ1) is 14.4. The summed E-state index contributed by atoms with van der Waals surface area (Å²) in [6.45, 7) is 4.76. The minimum Gasteiger partial charge on any atom is -0.493 e. The molecule has 1 heterocycles. The summed E-state index contributed by atoms with van der Waals surface area (Å²) >= 11 is 6.20. The quantitative estimate of drug-likeness (QED) is 0.901. The van der Waals surface area contributed by atoms with Gasteiger partial charge in [0.25, 0.3) is 0 Å². The van der Waals surface area contributed by atoms with E-state index in [1.165, 1.54) is 22.3 Å². The molecular weight excluding hydrogens is 282 g/mol. The Morgan fingerprint density at radius 1 is 1.19 bits per heavy atom. The van der Waals surface area contributed by atoms with Gasteiger partial charge in [0.2, 0.25) is 0 Å². The van der Waals surface area contributed by atoms with Crippen LogP contribution in [0.2, 0.25) is 5.02 Å². The molecule has 21 heavy (non-hydrogen) atoms. The van der Waals surface area contributed by atoms with Crippen molar-refractivity contribution in [2.24, 2.45) is 0 Å². The second kappa shape index (κ2) is 6.50. The van der Waals surface area contributed by atoms with Gasteiger partial charge in [-0.1, -0.05) is 30.7 Å². The lowest BCUT2D eigenvalue weighted by Crippen LogP contribution is -2.12. The van der Waals surface area contributed by atoms with E-state index < -0.39 is 0 Å². The molecule has 1 aliphatic heterocycles. The largest absolute Gasteiger partial charge is 0.493 e. The highest BCUT2D eigenvalue weighted by molar-refractivity contribution is 6.30. The van der Waals surface area contributed by atoms with E-state index in [1.807, 2.05) is 6.07 Å². The molecule has 0 atom stereocenters. The van der Waals surface area contributed by atoms with Crippen LogP contribution in [0.5, 0.6) is 5.75 Å². The third-order valence-corrected chi connectivity index (χ3v) is 4.09. The number of ether oxygens (including phenoxy) is 1. The Hall–Kier alpha value is -1.51. The molecule has 3 rings (SSSR count). The van der Waals surface area contributed by atoms with E-state index in [2.05, 4.69) is 42.6 Å². The summed E-state index contributed by atoms with van der Waals surface area (Å²) in [5, 5.41) is 4.17. The second-order valence-electron chi connectivity index (χ2n) is 5.36. The average Bonchev–Trinajstić information content (AvgIpc) is 2.53. The third kappa shape index (κ3) is 3.22. The fourth-order valence-corrected chi connectivity index (χ4v) is 2.93. The minimum absolute atomic E-state index is 0.777. The molecule has 0 saturated heterocycles. The van der Waals surface area contributed by atoms with Crippen molar-refractivity contribution >= 4 is 11.6 Å². The van der Waals surface area contributed by atoms with Crippen molar-refractivity contribution in [3.8, 4) is 16.9 Å². The zero-order valence-corrected chi connectivity index (χ0v) is 13.0. The zero-order chi connectivity index (χ0) is 14.7. The van der Waals surface area contributed by atoms with Gasteiger partial charge in [-0.3, -0.25) is 0 Å². The highest BCUT2D eigenvalue weighted by Gasteiger charge is 2.13. The maximum atomic E-state index is 6.20. The standard InChI is InChI=1S/C18H20ClNO/c1-2-20-12-15-5-7-16(19)11-17(15)13-6-8-18-14(10-13)4-3-9-21-18/h5-8,10-11,20H,2-4,9,12H2,1H3. The highest BCUT2D eigenvalue weighted by atomic mass is 35.5. The van der Waals surface area contributed by atoms with Crippen molar-refractivity contribution in [2.45, 2.75) is 26.3 Å². The molecule has 0 radical (unpaired) electrons. The minimum atomic E-state index is 0.777. The summed E-state index contributed by atoms with van der Waals surface area (Å²) in [4.78, 5) is 0. The van der Waals surface area contributed by atoms with Gasteiger partial charge in [0.1, 0.15) is 5.75 Å². The molecule has 0 unspecified atom stereocenters. The molecule has 2 aromatic rings. The normalized spacial score (nSPS) is 13.6. The summed E-state index contributed by atoms with van der Waals surface area (Å²) in [6, 6.07) is 12.6. The Balaban J connectivity index is 2.00. The molecule has 3 heteroatoms. The van der Waals surface area contributed by atoms with E-state index in [9.17, 15) is 0 Å². The van der Waals surface area contributed by atoms with E-state index in [0.29, 0.717) is 0 Å². The van der Waals surface area contributed by atoms with E-state index in [-0.39, 0.29) is 0 Å². The first-order valence-electron chi connectivity index (χ1n) is 7.53. The molecule has 2 aromatic carbocycles. The smallest absolute Gasteiger partial charge is 0.122 e. The van der Waals surface area contributed by atoms with Crippen LogP contribution in [0.1, 0.15) is 24.5 Å². The first-order chi connectivity index (χ1) is 10.3. The Bertz CT molecular complexity index is 639. The Morgan fingerprint density at radius 3 is 2.95 bits per heavy atom. The Morgan fingerprint density at radius 2 is 2.10 bits per heavy atom. The maximum absolute atomic E-state index is 6.20. The topological polar surface area (TPSA) is 21.3 Å².